The van der Waals surface area contributed by atoms with Crippen LogP contribution in [0.15, 0.2) is 71.6 Å². The SMILES string of the molecule is O=C(COc1ccc(Cl)cc1)Nc1ccc(NS(=O)(=O)c2ccc(F)c(F)c2)cc1. The van der Waals surface area contributed by atoms with Crippen molar-refractivity contribution in [3.05, 3.63) is 83.4 Å². The van der Waals surface area contributed by atoms with Gasteiger partial charge in [-0.25, -0.2) is 17.2 Å². The van der Waals surface area contributed by atoms with Gasteiger partial charge in [0, 0.05) is 16.4 Å². The van der Waals surface area contributed by atoms with Crippen molar-refractivity contribution in [2.45, 2.75) is 4.90 Å². The first-order valence-corrected chi connectivity index (χ1v) is 10.4. The van der Waals surface area contributed by atoms with Crippen molar-refractivity contribution < 1.29 is 26.7 Å². The Bertz CT molecular complexity index is 1150. The predicted molar refractivity (Wildman–Crippen MR) is 109 cm³/mol. The third-order valence-corrected chi connectivity index (χ3v) is 5.44. The van der Waals surface area contributed by atoms with Gasteiger partial charge in [-0.3, -0.25) is 9.52 Å². The molecule has 0 aliphatic rings. The molecule has 1 amide bonds. The first kappa shape index (κ1) is 21.5. The number of sulfonamides is 1. The Kier molecular flexibility index (Phi) is 6.53. The number of carbonyl (C=O) groups excluding carboxylic acids is 1. The lowest BCUT2D eigenvalue weighted by atomic mass is 10.3. The van der Waals surface area contributed by atoms with E-state index in [1.165, 1.54) is 24.3 Å². The van der Waals surface area contributed by atoms with Crippen LogP contribution in [0.4, 0.5) is 20.2 Å². The molecule has 0 aliphatic carbocycles. The van der Waals surface area contributed by atoms with E-state index in [2.05, 4.69) is 10.0 Å². The highest BCUT2D eigenvalue weighted by atomic mass is 35.5. The first-order chi connectivity index (χ1) is 14.2. The highest BCUT2D eigenvalue weighted by molar-refractivity contribution is 7.92. The first-order valence-electron chi connectivity index (χ1n) is 8.49. The minimum atomic E-state index is -4.10. The highest BCUT2D eigenvalue weighted by Gasteiger charge is 2.16. The molecule has 0 saturated carbocycles. The number of halogens is 3. The molecular formula is C20H15ClF2N2O4S. The Morgan fingerprint density at radius 3 is 2.17 bits per heavy atom. The van der Waals surface area contributed by atoms with Crippen LogP contribution < -0.4 is 14.8 Å². The van der Waals surface area contributed by atoms with Crippen LogP contribution in [0.3, 0.4) is 0 Å². The summed E-state index contributed by atoms with van der Waals surface area (Å²) in [5, 5.41) is 3.15. The average molecular weight is 453 g/mol. The fourth-order valence-corrected chi connectivity index (χ4v) is 3.55. The van der Waals surface area contributed by atoms with Gasteiger partial charge in [-0.15, -0.1) is 0 Å². The summed E-state index contributed by atoms with van der Waals surface area (Å²) in [4.78, 5) is 11.6. The lowest BCUT2D eigenvalue weighted by Crippen LogP contribution is -2.20. The summed E-state index contributed by atoms with van der Waals surface area (Å²) >= 11 is 5.77. The van der Waals surface area contributed by atoms with Crippen molar-refractivity contribution in [2.24, 2.45) is 0 Å². The van der Waals surface area contributed by atoms with E-state index in [1.807, 2.05) is 0 Å². The third-order valence-electron chi connectivity index (χ3n) is 3.81. The molecule has 0 unspecified atom stereocenters. The molecule has 3 rings (SSSR count). The zero-order chi connectivity index (χ0) is 21.7. The van der Waals surface area contributed by atoms with Gasteiger partial charge in [0.15, 0.2) is 18.2 Å². The molecule has 0 radical (unpaired) electrons. The van der Waals surface area contributed by atoms with Crippen molar-refractivity contribution in [1.82, 2.24) is 0 Å². The standard InChI is InChI=1S/C20H15ClF2N2O4S/c21-13-1-7-16(8-2-13)29-12-20(26)24-14-3-5-15(6-4-14)25-30(27,28)17-9-10-18(22)19(23)11-17/h1-11,25H,12H2,(H,24,26). The van der Waals surface area contributed by atoms with Crippen LogP contribution in [0.25, 0.3) is 0 Å². The van der Waals surface area contributed by atoms with Crippen LogP contribution in [0.2, 0.25) is 5.02 Å². The van der Waals surface area contributed by atoms with E-state index in [-0.39, 0.29) is 12.3 Å². The number of nitrogens with one attached hydrogen (secondary N) is 2. The Labute approximate surface area is 176 Å². The van der Waals surface area contributed by atoms with E-state index in [0.717, 1.165) is 12.1 Å². The molecule has 3 aromatic rings. The maximum Gasteiger partial charge on any atom is 0.262 e. The molecule has 0 fully saturated rings. The molecule has 0 bridgehead atoms. The summed E-state index contributed by atoms with van der Waals surface area (Å²) < 4.78 is 58.4. The number of benzene rings is 3. The highest BCUT2D eigenvalue weighted by Crippen LogP contribution is 2.20. The Morgan fingerprint density at radius 1 is 0.900 bits per heavy atom. The quantitative estimate of drug-likeness (QED) is 0.555. The molecule has 156 valence electrons. The van der Waals surface area contributed by atoms with Crippen molar-refractivity contribution in [3.8, 4) is 5.75 Å². The minimum Gasteiger partial charge on any atom is -0.484 e. The minimum absolute atomic E-state index is 0.176. The summed E-state index contributed by atoms with van der Waals surface area (Å²) in [6.45, 7) is -0.230. The summed E-state index contributed by atoms with van der Waals surface area (Å²) in [5.41, 5.74) is 0.589. The third kappa shape index (κ3) is 5.68. The zero-order valence-electron chi connectivity index (χ0n) is 15.2. The normalized spacial score (nSPS) is 11.0. The number of hydrogen-bond acceptors (Lipinski definition) is 4. The van der Waals surface area contributed by atoms with Gasteiger partial charge in [0.05, 0.1) is 4.90 Å². The number of rotatable bonds is 7. The predicted octanol–water partition coefficient (Wildman–Crippen LogP) is 4.44. The zero-order valence-corrected chi connectivity index (χ0v) is 16.8. The van der Waals surface area contributed by atoms with Crippen LogP contribution in [-0.2, 0) is 14.8 Å². The van der Waals surface area contributed by atoms with E-state index < -0.39 is 32.5 Å². The van der Waals surface area contributed by atoms with Crippen LogP contribution >= 0.6 is 11.6 Å². The Morgan fingerprint density at radius 2 is 1.53 bits per heavy atom. The van der Waals surface area contributed by atoms with Crippen molar-refractivity contribution >= 4 is 38.9 Å². The van der Waals surface area contributed by atoms with Gasteiger partial charge in [0.25, 0.3) is 15.9 Å². The molecule has 6 nitrogen and oxygen atoms in total. The average Bonchev–Trinajstić information content (AvgIpc) is 2.71. The fraction of sp³-hybridized carbons (Fsp3) is 0.0500. The summed E-state index contributed by atoms with van der Waals surface area (Å²) in [6, 6.07) is 14.6. The van der Waals surface area contributed by atoms with Gasteiger partial charge >= 0.3 is 0 Å². The molecule has 0 heterocycles. The molecule has 0 aliphatic heterocycles. The maximum atomic E-state index is 13.3. The molecular weight excluding hydrogens is 438 g/mol. The molecule has 0 aromatic heterocycles. The van der Waals surface area contributed by atoms with Crippen molar-refractivity contribution in [3.63, 3.8) is 0 Å². The summed E-state index contributed by atoms with van der Waals surface area (Å²) in [6.07, 6.45) is 0. The Balaban J connectivity index is 1.58. The summed E-state index contributed by atoms with van der Waals surface area (Å²) in [5.74, 6) is -2.34. The number of amides is 1. The van der Waals surface area contributed by atoms with Crippen LogP contribution in [0.5, 0.6) is 5.75 Å². The van der Waals surface area contributed by atoms with Gasteiger partial charge in [0.1, 0.15) is 5.75 Å². The van der Waals surface area contributed by atoms with Crippen LogP contribution in [0.1, 0.15) is 0 Å². The molecule has 0 spiro atoms. The number of ether oxygens (including phenoxy) is 1. The lowest BCUT2D eigenvalue weighted by molar-refractivity contribution is -0.118. The molecule has 0 atom stereocenters. The Hall–Kier alpha value is -3.17. The van der Waals surface area contributed by atoms with E-state index in [1.54, 1.807) is 24.3 Å². The second-order valence-electron chi connectivity index (χ2n) is 6.05. The van der Waals surface area contributed by atoms with Gasteiger partial charge in [-0.1, -0.05) is 11.6 Å². The van der Waals surface area contributed by atoms with E-state index in [9.17, 15) is 22.0 Å². The molecule has 2 N–H and O–H groups in total. The maximum absolute atomic E-state index is 13.3. The molecule has 0 saturated heterocycles. The second-order valence-corrected chi connectivity index (χ2v) is 8.17. The van der Waals surface area contributed by atoms with E-state index in [0.29, 0.717) is 22.5 Å². The van der Waals surface area contributed by atoms with Gasteiger partial charge in [-0.2, -0.15) is 0 Å². The summed E-state index contributed by atoms with van der Waals surface area (Å²) in [7, 11) is -4.10. The van der Waals surface area contributed by atoms with Gasteiger partial charge in [0.2, 0.25) is 0 Å². The van der Waals surface area contributed by atoms with Crippen LogP contribution in [0, 0.1) is 11.6 Å². The molecule has 3 aromatic carbocycles. The monoisotopic (exact) mass is 452 g/mol. The van der Waals surface area contributed by atoms with E-state index >= 15 is 0 Å². The van der Waals surface area contributed by atoms with Crippen molar-refractivity contribution in [1.29, 1.82) is 0 Å². The van der Waals surface area contributed by atoms with Gasteiger partial charge < -0.3 is 10.1 Å². The fourth-order valence-electron chi connectivity index (χ4n) is 2.36. The molecule has 10 heteroatoms. The molecule has 30 heavy (non-hydrogen) atoms. The second kappa shape index (κ2) is 9.10. The van der Waals surface area contributed by atoms with Crippen LogP contribution in [-0.4, -0.2) is 20.9 Å². The van der Waals surface area contributed by atoms with Crippen molar-refractivity contribution in [2.75, 3.05) is 16.6 Å². The topological polar surface area (TPSA) is 84.5 Å². The lowest BCUT2D eigenvalue weighted by Gasteiger charge is -2.10. The smallest absolute Gasteiger partial charge is 0.262 e. The van der Waals surface area contributed by atoms with Gasteiger partial charge in [-0.05, 0) is 66.7 Å². The number of anilines is 2. The van der Waals surface area contributed by atoms with E-state index in [4.69, 9.17) is 16.3 Å². The number of hydrogen-bond donors (Lipinski definition) is 2. The largest absolute Gasteiger partial charge is 0.484 e. The number of carbonyl (C=O) groups is 1.